The fourth-order valence-electron chi connectivity index (χ4n) is 1.37. The largest absolute Gasteiger partial charge is 0.306 e. The summed E-state index contributed by atoms with van der Waals surface area (Å²) in [6.07, 6.45) is 3.72. The maximum atomic E-state index is 5.59. The van der Waals surface area contributed by atoms with Gasteiger partial charge in [-0.1, -0.05) is 20.3 Å². The number of alkyl halides is 1. The number of unbranched alkanes of at least 4 members (excludes halogenated alkanes) is 2. The van der Waals surface area contributed by atoms with E-state index >= 15 is 0 Å². The Morgan fingerprint density at radius 3 is 2.33 bits per heavy atom. The molecule has 0 saturated heterocycles. The Morgan fingerprint density at radius 2 is 1.83 bits per heavy atom. The van der Waals surface area contributed by atoms with Crippen LogP contribution in [0.2, 0.25) is 0 Å². The third kappa shape index (κ3) is 8.35. The molecule has 0 aromatic rings. The Kier molecular flexibility index (Phi) is 8.04. The normalized spacial score (nSPS) is 11.5. The molecule has 0 amide bonds. The summed E-state index contributed by atoms with van der Waals surface area (Å²) < 4.78 is 0. The molecule has 0 aliphatic rings. The molecule has 0 aliphatic heterocycles. The van der Waals surface area contributed by atoms with E-state index < -0.39 is 0 Å². The summed E-state index contributed by atoms with van der Waals surface area (Å²) in [7, 11) is 2.20. The average molecular weight is 192 g/mol. The zero-order valence-electron chi connectivity index (χ0n) is 8.65. The van der Waals surface area contributed by atoms with E-state index in [1.54, 1.807) is 0 Å². The average Bonchev–Trinajstić information content (AvgIpc) is 1.97. The highest BCUT2D eigenvalue weighted by atomic mass is 35.5. The van der Waals surface area contributed by atoms with Crippen LogP contribution in [0.25, 0.3) is 0 Å². The number of rotatable bonds is 7. The van der Waals surface area contributed by atoms with Crippen LogP contribution < -0.4 is 0 Å². The van der Waals surface area contributed by atoms with Crippen LogP contribution in [0.15, 0.2) is 0 Å². The first-order chi connectivity index (χ1) is 5.66. The summed E-state index contributed by atoms with van der Waals surface area (Å²) >= 11 is 5.59. The second kappa shape index (κ2) is 7.88. The Balaban J connectivity index is 3.14. The molecular formula is C10H22ClN. The molecule has 0 N–H and O–H groups in total. The van der Waals surface area contributed by atoms with Crippen molar-refractivity contribution in [3.05, 3.63) is 0 Å². The smallest absolute Gasteiger partial charge is 0.0223 e. The maximum Gasteiger partial charge on any atom is 0.0223 e. The summed E-state index contributed by atoms with van der Waals surface area (Å²) in [5, 5.41) is 0. The van der Waals surface area contributed by atoms with Crippen LogP contribution in [-0.2, 0) is 0 Å². The van der Waals surface area contributed by atoms with Crippen LogP contribution in [0, 0.1) is 5.92 Å². The van der Waals surface area contributed by atoms with Crippen molar-refractivity contribution < 1.29 is 0 Å². The van der Waals surface area contributed by atoms with E-state index in [0.29, 0.717) is 0 Å². The summed E-state index contributed by atoms with van der Waals surface area (Å²) in [5.74, 6) is 1.59. The van der Waals surface area contributed by atoms with Crippen molar-refractivity contribution in [1.29, 1.82) is 0 Å². The third-order valence-corrected chi connectivity index (χ3v) is 2.12. The van der Waals surface area contributed by atoms with Gasteiger partial charge in [-0.3, -0.25) is 0 Å². The number of halogens is 1. The quantitative estimate of drug-likeness (QED) is 0.442. The minimum Gasteiger partial charge on any atom is -0.306 e. The summed E-state index contributed by atoms with van der Waals surface area (Å²) in [6.45, 7) is 6.94. The highest BCUT2D eigenvalue weighted by Crippen LogP contribution is 2.01. The van der Waals surface area contributed by atoms with Gasteiger partial charge >= 0.3 is 0 Å². The van der Waals surface area contributed by atoms with Gasteiger partial charge in [-0.15, -0.1) is 11.6 Å². The summed E-state index contributed by atoms with van der Waals surface area (Å²) in [5.41, 5.74) is 0. The predicted molar refractivity (Wildman–Crippen MR) is 56.9 cm³/mol. The molecule has 0 saturated carbocycles. The highest BCUT2D eigenvalue weighted by molar-refractivity contribution is 6.17. The first-order valence-corrected chi connectivity index (χ1v) is 5.44. The molecule has 0 spiro atoms. The van der Waals surface area contributed by atoms with Gasteiger partial charge in [-0.25, -0.2) is 0 Å². The van der Waals surface area contributed by atoms with Crippen molar-refractivity contribution in [1.82, 2.24) is 4.90 Å². The molecule has 0 radical (unpaired) electrons. The molecule has 0 aliphatic carbocycles. The molecule has 0 aromatic carbocycles. The zero-order valence-corrected chi connectivity index (χ0v) is 9.40. The van der Waals surface area contributed by atoms with Crippen molar-refractivity contribution in [3.63, 3.8) is 0 Å². The molecule has 0 fully saturated rings. The molecule has 74 valence electrons. The number of hydrogen-bond donors (Lipinski definition) is 0. The van der Waals surface area contributed by atoms with E-state index in [-0.39, 0.29) is 0 Å². The predicted octanol–water partition coefficient (Wildman–Crippen LogP) is 2.98. The molecule has 0 aromatic heterocycles. The zero-order chi connectivity index (χ0) is 9.40. The second-order valence-electron chi connectivity index (χ2n) is 3.91. The van der Waals surface area contributed by atoms with Gasteiger partial charge in [-0.2, -0.15) is 0 Å². The lowest BCUT2D eigenvalue weighted by atomic mass is 10.2. The molecular weight excluding hydrogens is 170 g/mol. The molecule has 0 heterocycles. The van der Waals surface area contributed by atoms with Crippen LogP contribution in [-0.4, -0.2) is 30.9 Å². The van der Waals surface area contributed by atoms with Crippen molar-refractivity contribution in [3.8, 4) is 0 Å². The van der Waals surface area contributed by atoms with Gasteiger partial charge < -0.3 is 4.90 Å². The van der Waals surface area contributed by atoms with Gasteiger partial charge in [0.05, 0.1) is 0 Å². The number of nitrogens with zero attached hydrogens (tertiary/aromatic N) is 1. The maximum absolute atomic E-state index is 5.59. The lowest BCUT2D eigenvalue weighted by Gasteiger charge is -2.18. The standard InChI is InChI=1S/C10H22ClN/c1-10(2)9-12(3)8-6-4-5-7-11/h10H,4-9H2,1-3H3. The third-order valence-electron chi connectivity index (χ3n) is 1.85. The van der Waals surface area contributed by atoms with Crippen LogP contribution in [0.5, 0.6) is 0 Å². The van der Waals surface area contributed by atoms with E-state index in [9.17, 15) is 0 Å². The first kappa shape index (κ1) is 12.2. The number of hydrogen-bond acceptors (Lipinski definition) is 1. The van der Waals surface area contributed by atoms with E-state index in [4.69, 9.17) is 11.6 Å². The molecule has 1 nitrogen and oxygen atoms in total. The summed E-state index contributed by atoms with van der Waals surface area (Å²) in [4.78, 5) is 2.40. The van der Waals surface area contributed by atoms with E-state index in [2.05, 4.69) is 25.8 Å². The van der Waals surface area contributed by atoms with Crippen molar-refractivity contribution in [2.24, 2.45) is 5.92 Å². The lowest BCUT2D eigenvalue weighted by molar-refractivity contribution is 0.289. The van der Waals surface area contributed by atoms with E-state index in [1.165, 1.54) is 25.9 Å². The molecule has 2 heteroatoms. The van der Waals surface area contributed by atoms with Crippen LogP contribution in [0.1, 0.15) is 33.1 Å². The Morgan fingerprint density at radius 1 is 1.17 bits per heavy atom. The van der Waals surface area contributed by atoms with Crippen LogP contribution >= 0.6 is 11.6 Å². The lowest BCUT2D eigenvalue weighted by Crippen LogP contribution is -2.24. The Bertz CT molecular complexity index is 93.8. The van der Waals surface area contributed by atoms with Crippen molar-refractivity contribution >= 4 is 11.6 Å². The first-order valence-electron chi connectivity index (χ1n) is 4.91. The van der Waals surface area contributed by atoms with Gasteiger partial charge in [0.2, 0.25) is 0 Å². The fraction of sp³-hybridized carbons (Fsp3) is 1.00. The van der Waals surface area contributed by atoms with E-state index in [1.807, 2.05) is 0 Å². The molecule has 0 rings (SSSR count). The topological polar surface area (TPSA) is 3.24 Å². The van der Waals surface area contributed by atoms with Crippen molar-refractivity contribution in [2.45, 2.75) is 33.1 Å². The van der Waals surface area contributed by atoms with E-state index in [0.717, 1.165) is 18.2 Å². The molecule has 12 heavy (non-hydrogen) atoms. The van der Waals surface area contributed by atoms with Gasteiger partial charge in [-0.05, 0) is 32.4 Å². The Hall–Kier alpha value is 0.250. The second-order valence-corrected chi connectivity index (χ2v) is 4.28. The minimum atomic E-state index is 0.781. The Labute approximate surface area is 82.1 Å². The fourth-order valence-corrected chi connectivity index (χ4v) is 1.56. The summed E-state index contributed by atoms with van der Waals surface area (Å²) in [6, 6.07) is 0. The molecule has 0 unspecified atom stereocenters. The SMILES string of the molecule is CC(C)CN(C)CCCCCCl. The van der Waals surface area contributed by atoms with Crippen molar-refractivity contribution in [2.75, 3.05) is 26.0 Å². The minimum absolute atomic E-state index is 0.781. The van der Waals surface area contributed by atoms with Crippen LogP contribution in [0.3, 0.4) is 0 Å². The van der Waals surface area contributed by atoms with Crippen LogP contribution in [0.4, 0.5) is 0 Å². The van der Waals surface area contributed by atoms with Gasteiger partial charge in [0, 0.05) is 12.4 Å². The van der Waals surface area contributed by atoms with Gasteiger partial charge in [0.15, 0.2) is 0 Å². The van der Waals surface area contributed by atoms with Gasteiger partial charge in [0.1, 0.15) is 0 Å². The molecule has 0 atom stereocenters. The van der Waals surface area contributed by atoms with Gasteiger partial charge in [0.25, 0.3) is 0 Å². The monoisotopic (exact) mass is 191 g/mol. The highest BCUT2D eigenvalue weighted by Gasteiger charge is 2.00. The molecule has 0 bridgehead atoms.